The van der Waals surface area contributed by atoms with Crippen molar-refractivity contribution >= 4 is 84.9 Å². The third-order valence-electron chi connectivity index (χ3n) is 16.7. The number of fused-ring (bicyclic) bond motifs is 12. The molecule has 68 heavy (non-hydrogen) atoms. The van der Waals surface area contributed by atoms with E-state index in [9.17, 15) is 0 Å². The van der Waals surface area contributed by atoms with Crippen LogP contribution < -0.4 is 30.6 Å². The molecule has 0 spiro atoms. The molecule has 3 heterocycles. The van der Waals surface area contributed by atoms with Crippen molar-refractivity contribution in [2.24, 2.45) is 0 Å². The molecule has 0 saturated heterocycles. The van der Waals surface area contributed by atoms with Gasteiger partial charge < -0.3 is 14.7 Å². The van der Waals surface area contributed by atoms with Crippen molar-refractivity contribution in [2.75, 3.05) is 14.7 Å². The zero-order valence-electron chi connectivity index (χ0n) is 39.0. The van der Waals surface area contributed by atoms with Crippen LogP contribution in [0.15, 0.2) is 182 Å². The molecule has 3 nitrogen and oxygen atoms in total. The summed E-state index contributed by atoms with van der Waals surface area (Å²) in [4.78, 5) is 8.00. The van der Waals surface area contributed by atoms with Crippen LogP contribution in [0.2, 0.25) is 0 Å². The Kier molecular flexibility index (Phi) is 7.33. The molecule has 0 N–H and O–H groups in total. The van der Waals surface area contributed by atoms with Crippen LogP contribution in [0.1, 0.15) is 74.9 Å². The molecular weight excluding hydrogens is 862 g/mol. The maximum absolute atomic E-state index is 8.12. The van der Waals surface area contributed by atoms with Crippen LogP contribution in [0.4, 0.5) is 51.2 Å². The number of hydrogen-bond acceptors (Lipinski definition) is 4. The molecule has 9 aromatic carbocycles. The summed E-state index contributed by atoms with van der Waals surface area (Å²) in [6.45, 7) is 14.7. The number of anilines is 9. The minimum Gasteiger partial charge on any atom is -0.309 e. The summed E-state index contributed by atoms with van der Waals surface area (Å²) in [5.74, 6) is 0. The first-order chi connectivity index (χ1) is 32.9. The molecular formula is C63H48N3PS. The lowest BCUT2D eigenvalue weighted by molar-refractivity contribution is 0.659. The van der Waals surface area contributed by atoms with E-state index in [-0.39, 0.29) is 16.2 Å². The van der Waals surface area contributed by atoms with Gasteiger partial charge in [-0.1, -0.05) is 181 Å². The molecule has 15 rings (SSSR count). The minimum atomic E-state index is -3.00. The fourth-order valence-electron chi connectivity index (χ4n) is 14.0. The summed E-state index contributed by atoms with van der Waals surface area (Å²) in [5, 5.41) is 3.91. The van der Waals surface area contributed by atoms with E-state index in [4.69, 9.17) is 11.8 Å². The molecule has 0 radical (unpaired) electrons. The number of para-hydroxylation sites is 3. The van der Waals surface area contributed by atoms with Crippen LogP contribution in [-0.2, 0) is 28.1 Å². The van der Waals surface area contributed by atoms with Gasteiger partial charge >= 0.3 is 0 Å². The minimum absolute atomic E-state index is 0.322. The number of hydrogen-bond donors (Lipinski definition) is 0. The molecule has 0 fully saturated rings. The average Bonchev–Trinajstić information content (AvgIpc) is 3.84. The van der Waals surface area contributed by atoms with Crippen molar-refractivity contribution in [3.63, 3.8) is 0 Å². The highest BCUT2D eigenvalue weighted by Crippen LogP contribution is 2.74. The standard InChI is InChI=1S/C63H48N3PS/c1-61(2)46-31-19-16-28-40(46)43-34-49-58-55(52(43)61)64(37-22-10-7-11-23-37)50-35-44-41-29-17-20-32-47(41)62(3,4)53(44)56-59(50)67(58,68)60-51(66(56)39-26-14-9-15-27-39)36-45-42-30-18-21-33-48(42)63(5,6)54(45)57(60)65(49)38-24-12-8-13-25-38/h7-36H,1-6H3. The molecule has 0 aromatic heterocycles. The van der Waals surface area contributed by atoms with Crippen molar-refractivity contribution in [1.29, 1.82) is 0 Å². The van der Waals surface area contributed by atoms with Gasteiger partial charge in [-0.2, -0.15) is 0 Å². The lowest BCUT2D eigenvalue weighted by atomic mass is 9.79. The quantitative estimate of drug-likeness (QED) is 0.163. The number of rotatable bonds is 3. The van der Waals surface area contributed by atoms with E-state index in [1.54, 1.807) is 0 Å². The maximum atomic E-state index is 8.12. The molecule has 5 heteroatoms. The van der Waals surface area contributed by atoms with E-state index in [0.717, 1.165) is 17.1 Å². The van der Waals surface area contributed by atoms with Gasteiger partial charge in [0.1, 0.15) is 0 Å². The van der Waals surface area contributed by atoms with Crippen LogP contribution in [0.25, 0.3) is 33.4 Å². The molecule has 0 unspecified atom stereocenters. The van der Waals surface area contributed by atoms with Gasteiger partial charge in [0.25, 0.3) is 0 Å². The predicted octanol–water partition coefficient (Wildman–Crippen LogP) is 15.7. The van der Waals surface area contributed by atoms with Gasteiger partial charge in [0.2, 0.25) is 0 Å². The Balaban J connectivity index is 1.24. The van der Waals surface area contributed by atoms with E-state index >= 15 is 0 Å². The molecule has 3 aliphatic carbocycles. The Morgan fingerprint density at radius 2 is 0.574 bits per heavy atom. The Morgan fingerprint density at radius 1 is 0.324 bits per heavy atom. The van der Waals surface area contributed by atoms with Gasteiger partial charge in [-0.15, -0.1) is 0 Å². The third kappa shape index (κ3) is 4.42. The molecule has 3 aliphatic heterocycles. The zero-order valence-corrected chi connectivity index (χ0v) is 40.7. The lowest BCUT2D eigenvalue weighted by Gasteiger charge is -2.54. The molecule has 0 amide bonds. The second-order valence-corrected chi connectivity index (χ2v) is 25.4. The Hall–Kier alpha value is -6.97. The largest absolute Gasteiger partial charge is 0.309 e. The fraction of sp³-hybridized carbons (Fsp3) is 0.143. The first-order valence-corrected chi connectivity index (χ1v) is 26.9. The molecule has 0 atom stereocenters. The monoisotopic (exact) mass is 909 g/mol. The summed E-state index contributed by atoms with van der Waals surface area (Å²) in [6.07, 6.45) is 0. The van der Waals surface area contributed by atoms with Crippen LogP contribution in [-0.4, -0.2) is 0 Å². The van der Waals surface area contributed by atoms with E-state index in [1.807, 2.05) is 0 Å². The first kappa shape index (κ1) is 39.1. The zero-order chi connectivity index (χ0) is 45.8. The van der Waals surface area contributed by atoms with E-state index in [1.165, 1.54) is 117 Å². The summed E-state index contributed by atoms with van der Waals surface area (Å²) in [7, 11) is 0. The molecule has 6 aliphatic rings. The number of nitrogens with zero attached hydrogens (tertiary/aromatic N) is 3. The highest BCUT2D eigenvalue weighted by molar-refractivity contribution is 8.26. The van der Waals surface area contributed by atoms with E-state index in [0.29, 0.717) is 0 Å². The predicted molar refractivity (Wildman–Crippen MR) is 290 cm³/mol. The van der Waals surface area contributed by atoms with Gasteiger partial charge in [-0.05, 0) is 121 Å². The summed E-state index contributed by atoms with van der Waals surface area (Å²) < 4.78 is 0. The lowest BCUT2D eigenvalue weighted by Crippen LogP contribution is -2.50. The molecule has 0 bridgehead atoms. The van der Waals surface area contributed by atoms with Crippen molar-refractivity contribution in [3.05, 3.63) is 215 Å². The topological polar surface area (TPSA) is 9.72 Å². The summed E-state index contributed by atoms with van der Waals surface area (Å²) in [6, 6.07) is 65.8. The number of benzene rings is 9. The van der Waals surface area contributed by atoms with Crippen LogP contribution in [0.5, 0.6) is 0 Å². The normalized spacial score (nSPS) is 17.4. The average molecular weight is 910 g/mol. The van der Waals surface area contributed by atoms with Gasteiger partial charge in [0.05, 0.1) is 40.2 Å². The second-order valence-electron chi connectivity index (χ2n) is 21.2. The van der Waals surface area contributed by atoms with Crippen molar-refractivity contribution in [2.45, 2.75) is 57.8 Å². The fourth-order valence-corrected chi connectivity index (χ4v) is 19.3. The Morgan fingerprint density at radius 3 is 0.853 bits per heavy atom. The highest BCUT2D eigenvalue weighted by Gasteiger charge is 2.59. The molecule has 9 aromatic rings. The van der Waals surface area contributed by atoms with Crippen LogP contribution >= 0.6 is 6.04 Å². The van der Waals surface area contributed by atoms with Crippen molar-refractivity contribution < 1.29 is 0 Å². The van der Waals surface area contributed by atoms with Crippen molar-refractivity contribution in [3.8, 4) is 33.4 Å². The second kappa shape index (κ2) is 12.8. The van der Waals surface area contributed by atoms with Gasteiger partial charge in [0, 0.05) is 49.2 Å². The summed E-state index contributed by atoms with van der Waals surface area (Å²) >= 11 is 8.12. The smallest absolute Gasteiger partial charge is 0.0621 e. The maximum Gasteiger partial charge on any atom is 0.0621 e. The van der Waals surface area contributed by atoms with Gasteiger partial charge in [-0.3, -0.25) is 0 Å². The van der Waals surface area contributed by atoms with Gasteiger partial charge in [0.15, 0.2) is 0 Å². The third-order valence-corrected chi connectivity index (χ3v) is 21.5. The van der Waals surface area contributed by atoms with E-state index in [2.05, 4.69) is 238 Å². The summed E-state index contributed by atoms with van der Waals surface area (Å²) in [5.41, 5.74) is 25.8. The Labute approximate surface area is 404 Å². The first-order valence-electron chi connectivity index (χ1n) is 24.1. The van der Waals surface area contributed by atoms with Gasteiger partial charge in [-0.25, -0.2) is 0 Å². The van der Waals surface area contributed by atoms with Crippen LogP contribution in [0, 0.1) is 0 Å². The Bertz CT molecular complexity index is 3420. The molecule has 326 valence electrons. The SMILES string of the molecule is CC1(C)c2ccccc2-c2cc3c4c(c21)N(c1ccccc1)c1cc2c(c5c1P4(=S)c1c(cc4c(c1N3c1ccccc1)C(C)(C)c1ccccc1-4)N5c1ccccc1)C(C)(C)c1ccccc1-2. The van der Waals surface area contributed by atoms with Crippen molar-refractivity contribution in [1.82, 2.24) is 0 Å². The highest BCUT2D eigenvalue weighted by atomic mass is 32.4. The molecule has 0 saturated carbocycles. The van der Waals surface area contributed by atoms with E-state index < -0.39 is 6.04 Å². The van der Waals surface area contributed by atoms with Crippen LogP contribution in [0.3, 0.4) is 0 Å².